The molecule has 0 aliphatic heterocycles. The fourth-order valence-electron chi connectivity index (χ4n) is 2.01. The van der Waals surface area contributed by atoms with Gasteiger partial charge in [0.15, 0.2) is 0 Å². The van der Waals surface area contributed by atoms with Crippen molar-refractivity contribution in [2.75, 3.05) is 0 Å². The number of benzene rings is 1. The van der Waals surface area contributed by atoms with Crippen LogP contribution < -0.4 is 0 Å². The Balaban J connectivity index is 2.64. The lowest BCUT2D eigenvalue weighted by atomic mass is 10.2. The summed E-state index contributed by atoms with van der Waals surface area (Å²) in [5.41, 5.74) is 2.11. The Bertz CT molecular complexity index is 488. The molecule has 2 unspecified atom stereocenters. The second-order valence-electron chi connectivity index (χ2n) is 4.22. The van der Waals surface area contributed by atoms with Crippen LogP contribution >= 0.6 is 0 Å². The molecule has 0 aliphatic rings. The molecule has 3 nitrogen and oxygen atoms in total. The maximum absolute atomic E-state index is 9.72. The van der Waals surface area contributed by atoms with Gasteiger partial charge in [-0.05, 0) is 26.0 Å². The first-order valence-electron chi connectivity index (χ1n) is 5.79. The number of aromatic nitrogens is 2. The molecule has 0 saturated heterocycles. The molecule has 0 fully saturated rings. The van der Waals surface area contributed by atoms with Gasteiger partial charge in [0, 0.05) is 6.42 Å². The van der Waals surface area contributed by atoms with Crippen LogP contribution in [0, 0.1) is 0 Å². The van der Waals surface area contributed by atoms with Crippen LogP contribution in [0.2, 0.25) is 0 Å². The Morgan fingerprint density at radius 3 is 2.62 bits per heavy atom. The highest BCUT2D eigenvalue weighted by atomic mass is 16.3. The van der Waals surface area contributed by atoms with E-state index in [1.807, 2.05) is 32.0 Å². The van der Waals surface area contributed by atoms with Crippen molar-refractivity contribution in [3.8, 4) is 0 Å². The van der Waals surface area contributed by atoms with Crippen molar-refractivity contribution < 1.29 is 5.11 Å². The molecule has 1 heterocycles. The zero-order valence-corrected chi connectivity index (χ0v) is 10.0. The second kappa shape index (κ2) is 4.26. The van der Waals surface area contributed by atoms with Gasteiger partial charge in [0.05, 0.1) is 23.2 Å². The van der Waals surface area contributed by atoms with Gasteiger partial charge < -0.3 is 9.67 Å². The van der Waals surface area contributed by atoms with Crippen LogP contribution in [0.1, 0.15) is 32.6 Å². The molecule has 1 aromatic heterocycles. The van der Waals surface area contributed by atoms with Gasteiger partial charge in [-0.1, -0.05) is 19.1 Å². The lowest BCUT2D eigenvalue weighted by molar-refractivity contribution is 0.139. The highest BCUT2D eigenvalue weighted by Crippen LogP contribution is 2.23. The number of rotatable bonds is 3. The fraction of sp³-hybridized carbons (Fsp3) is 0.462. The van der Waals surface area contributed by atoms with Crippen molar-refractivity contribution >= 4 is 11.0 Å². The van der Waals surface area contributed by atoms with Crippen LogP contribution in [-0.4, -0.2) is 20.8 Å². The summed E-state index contributed by atoms with van der Waals surface area (Å²) in [6, 6.07) is 8.13. The molecular formula is C13H18N2O. The van der Waals surface area contributed by atoms with E-state index < -0.39 is 0 Å². The third-order valence-corrected chi connectivity index (χ3v) is 3.09. The monoisotopic (exact) mass is 218 g/mol. The van der Waals surface area contributed by atoms with Gasteiger partial charge in [0.25, 0.3) is 0 Å². The summed E-state index contributed by atoms with van der Waals surface area (Å²) in [5.74, 6) is 1.04. The molecular weight excluding hydrogens is 200 g/mol. The van der Waals surface area contributed by atoms with Gasteiger partial charge in [-0.15, -0.1) is 0 Å². The number of aliphatic hydroxyl groups is 1. The second-order valence-corrected chi connectivity index (χ2v) is 4.22. The molecule has 86 valence electrons. The van der Waals surface area contributed by atoms with Crippen LogP contribution in [0.3, 0.4) is 0 Å². The topological polar surface area (TPSA) is 38.0 Å². The average Bonchev–Trinajstić information content (AvgIpc) is 2.66. The smallest absolute Gasteiger partial charge is 0.109 e. The number of aryl methyl sites for hydroxylation is 1. The quantitative estimate of drug-likeness (QED) is 0.859. The number of imidazole rings is 1. The Labute approximate surface area is 95.7 Å². The van der Waals surface area contributed by atoms with E-state index in [0.717, 1.165) is 23.3 Å². The minimum Gasteiger partial charge on any atom is -0.391 e. The van der Waals surface area contributed by atoms with Crippen LogP contribution in [0.15, 0.2) is 24.3 Å². The standard InChI is InChI=1S/C13H18N2O/c1-4-13-14-11-7-5-6-8-12(11)15(13)9(2)10(3)16/h5-10,16H,4H2,1-3H3. The summed E-state index contributed by atoms with van der Waals surface area (Å²) in [4.78, 5) is 4.59. The normalized spacial score (nSPS) is 15.2. The van der Waals surface area contributed by atoms with E-state index in [1.165, 1.54) is 0 Å². The molecule has 16 heavy (non-hydrogen) atoms. The van der Waals surface area contributed by atoms with Crippen LogP contribution in [0.25, 0.3) is 11.0 Å². The number of aliphatic hydroxyl groups excluding tert-OH is 1. The summed E-state index contributed by atoms with van der Waals surface area (Å²) >= 11 is 0. The molecule has 0 spiro atoms. The van der Waals surface area contributed by atoms with Crippen molar-refractivity contribution in [3.63, 3.8) is 0 Å². The van der Waals surface area contributed by atoms with E-state index in [9.17, 15) is 5.11 Å². The van der Waals surface area contributed by atoms with E-state index in [1.54, 1.807) is 0 Å². The van der Waals surface area contributed by atoms with Crippen LogP contribution in [-0.2, 0) is 6.42 Å². The van der Waals surface area contributed by atoms with Gasteiger partial charge in [-0.25, -0.2) is 4.98 Å². The van der Waals surface area contributed by atoms with E-state index in [0.29, 0.717) is 0 Å². The van der Waals surface area contributed by atoms with Crippen molar-refractivity contribution in [1.29, 1.82) is 0 Å². The molecule has 2 rings (SSSR count). The molecule has 2 atom stereocenters. The van der Waals surface area contributed by atoms with E-state index in [4.69, 9.17) is 0 Å². The molecule has 1 aromatic carbocycles. The van der Waals surface area contributed by atoms with Crippen molar-refractivity contribution in [2.24, 2.45) is 0 Å². The van der Waals surface area contributed by atoms with Gasteiger partial charge in [-0.2, -0.15) is 0 Å². The minimum atomic E-state index is -0.372. The lowest BCUT2D eigenvalue weighted by Crippen LogP contribution is -2.20. The summed E-state index contributed by atoms with van der Waals surface area (Å²) in [7, 11) is 0. The zero-order chi connectivity index (χ0) is 11.7. The summed E-state index contributed by atoms with van der Waals surface area (Å²) in [5, 5.41) is 9.72. The van der Waals surface area contributed by atoms with E-state index in [2.05, 4.69) is 22.5 Å². The average molecular weight is 218 g/mol. The summed E-state index contributed by atoms with van der Waals surface area (Å²) in [6.45, 7) is 5.93. The maximum Gasteiger partial charge on any atom is 0.109 e. The Morgan fingerprint density at radius 1 is 1.31 bits per heavy atom. The Morgan fingerprint density at radius 2 is 2.00 bits per heavy atom. The van der Waals surface area contributed by atoms with Crippen molar-refractivity contribution in [3.05, 3.63) is 30.1 Å². The number of hydrogen-bond acceptors (Lipinski definition) is 2. The number of para-hydroxylation sites is 2. The molecule has 0 aliphatic carbocycles. The van der Waals surface area contributed by atoms with Crippen LogP contribution in [0.4, 0.5) is 0 Å². The molecule has 3 heteroatoms. The maximum atomic E-state index is 9.72. The first-order chi connectivity index (χ1) is 7.65. The number of hydrogen-bond donors (Lipinski definition) is 1. The van der Waals surface area contributed by atoms with Crippen LogP contribution in [0.5, 0.6) is 0 Å². The number of nitrogens with zero attached hydrogens (tertiary/aromatic N) is 2. The highest BCUT2D eigenvalue weighted by molar-refractivity contribution is 5.76. The van der Waals surface area contributed by atoms with E-state index in [-0.39, 0.29) is 12.1 Å². The zero-order valence-electron chi connectivity index (χ0n) is 10.0. The van der Waals surface area contributed by atoms with Gasteiger partial charge in [-0.3, -0.25) is 0 Å². The summed E-state index contributed by atoms with van der Waals surface area (Å²) in [6.07, 6.45) is 0.508. The third kappa shape index (κ3) is 1.71. The van der Waals surface area contributed by atoms with E-state index >= 15 is 0 Å². The molecule has 0 amide bonds. The first-order valence-corrected chi connectivity index (χ1v) is 5.79. The Kier molecular flexibility index (Phi) is 2.97. The third-order valence-electron chi connectivity index (χ3n) is 3.09. The molecule has 2 aromatic rings. The van der Waals surface area contributed by atoms with Gasteiger partial charge >= 0.3 is 0 Å². The minimum absolute atomic E-state index is 0.0577. The Hall–Kier alpha value is -1.35. The SMILES string of the molecule is CCc1nc2ccccc2n1C(C)C(C)O. The molecule has 0 radical (unpaired) electrons. The fourth-order valence-corrected chi connectivity index (χ4v) is 2.01. The predicted octanol–water partition coefficient (Wildman–Crippen LogP) is 2.54. The lowest BCUT2D eigenvalue weighted by Gasteiger charge is -2.19. The van der Waals surface area contributed by atoms with Crippen molar-refractivity contribution in [1.82, 2.24) is 9.55 Å². The van der Waals surface area contributed by atoms with Gasteiger partial charge in [0.2, 0.25) is 0 Å². The predicted molar refractivity (Wildman–Crippen MR) is 65.5 cm³/mol. The van der Waals surface area contributed by atoms with Crippen molar-refractivity contribution in [2.45, 2.75) is 39.3 Å². The number of fused-ring (bicyclic) bond motifs is 1. The summed E-state index contributed by atoms with van der Waals surface area (Å²) < 4.78 is 2.14. The first kappa shape index (κ1) is 11.1. The molecule has 0 bridgehead atoms. The molecule has 0 saturated carbocycles. The molecule has 1 N–H and O–H groups in total. The van der Waals surface area contributed by atoms with Gasteiger partial charge in [0.1, 0.15) is 5.82 Å². The highest BCUT2D eigenvalue weighted by Gasteiger charge is 2.17. The largest absolute Gasteiger partial charge is 0.391 e.